The molecule has 0 bridgehead atoms. The van der Waals surface area contributed by atoms with E-state index in [-0.39, 0.29) is 11.8 Å². The molecular weight excluding hydrogens is 142 g/mol. The zero-order valence-corrected chi connectivity index (χ0v) is 7.14. The van der Waals surface area contributed by atoms with Crippen LogP contribution in [0, 0.1) is 0 Å². The summed E-state index contributed by atoms with van der Waals surface area (Å²) in [6, 6.07) is 0. The van der Waals surface area contributed by atoms with Crippen LogP contribution in [0.25, 0.3) is 0 Å². The van der Waals surface area contributed by atoms with Gasteiger partial charge in [-0.1, -0.05) is 13.8 Å². The largest absolute Gasteiger partial charge is 0.296 e. The third-order valence-electron chi connectivity index (χ3n) is 1.34. The Kier molecular flexibility index (Phi) is 5.43. The third kappa shape index (κ3) is 4.53. The standard InChI is InChI=1S/C6H9NO2.C2H6/c8-5-3-1-2-4-6(9)7-5;1-2/h1-4H2,(H,7,8,9);1-2H3. The van der Waals surface area contributed by atoms with E-state index in [4.69, 9.17) is 0 Å². The van der Waals surface area contributed by atoms with Crippen LogP contribution in [-0.4, -0.2) is 11.8 Å². The van der Waals surface area contributed by atoms with Crippen molar-refractivity contribution in [2.45, 2.75) is 39.5 Å². The van der Waals surface area contributed by atoms with E-state index < -0.39 is 0 Å². The van der Waals surface area contributed by atoms with Gasteiger partial charge in [-0.2, -0.15) is 0 Å². The number of nitrogens with one attached hydrogen (secondary N) is 1. The highest BCUT2D eigenvalue weighted by molar-refractivity contribution is 5.95. The number of carbonyl (C=O) groups is 2. The van der Waals surface area contributed by atoms with Gasteiger partial charge in [-0.15, -0.1) is 0 Å². The fourth-order valence-corrected chi connectivity index (χ4v) is 0.852. The summed E-state index contributed by atoms with van der Waals surface area (Å²) < 4.78 is 0. The van der Waals surface area contributed by atoms with Crippen LogP contribution in [0.15, 0.2) is 0 Å². The summed E-state index contributed by atoms with van der Waals surface area (Å²) in [5.41, 5.74) is 0. The van der Waals surface area contributed by atoms with Crippen LogP contribution in [0.2, 0.25) is 0 Å². The molecule has 1 heterocycles. The fourth-order valence-electron chi connectivity index (χ4n) is 0.852. The van der Waals surface area contributed by atoms with Crippen LogP contribution in [-0.2, 0) is 9.59 Å². The first-order valence-corrected chi connectivity index (χ1v) is 4.12. The van der Waals surface area contributed by atoms with Crippen molar-refractivity contribution < 1.29 is 9.59 Å². The lowest BCUT2D eigenvalue weighted by atomic mass is 10.2. The molecule has 1 aliphatic heterocycles. The van der Waals surface area contributed by atoms with Crippen molar-refractivity contribution in [3.63, 3.8) is 0 Å². The number of carbonyl (C=O) groups excluding carboxylic acids is 2. The predicted molar refractivity (Wildman–Crippen MR) is 43.0 cm³/mol. The maximum atomic E-state index is 10.6. The average molecular weight is 157 g/mol. The molecule has 3 heteroatoms. The van der Waals surface area contributed by atoms with Crippen LogP contribution in [0.3, 0.4) is 0 Å². The van der Waals surface area contributed by atoms with Crippen molar-refractivity contribution in [1.82, 2.24) is 5.32 Å². The van der Waals surface area contributed by atoms with Crippen LogP contribution in [0.5, 0.6) is 0 Å². The topological polar surface area (TPSA) is 46.2 Å². The fraction of sp³-hybridized carbons (Fsp3) is 0.750. The Morgan fingerprint density at radius 2 is 1.36 bits per heavy atom. The Labute approximate surface area is 67.2 Å². The Balaban J connectivity index is 0.000000461. The molecule has 0 aliphatic carbocycles. The third-order valence-corrected chi connectivity index (χ3v) is 1.34. The predicted octanol–water partition coefficient (Wildman–Crippen LogP) is 1.23. The van der Waals surface area contributed by atoms with E-state index >= 15 is 0 Å². The Bertz CT molecular complexity index is 127. The van der Waals surface area contributed by atoms with Crippen molar-refractivity contribution >= 4 is 11.8 Å². The molecule has 0 aromatic heterocycles. The van der Waals surface area contributed by atoms with Crippen LogP contribution >= 0.6 is 0 Å². The van der Waals surface area contributed by atoms with Crippen LogP contribution in [0.4, 0.5) is 0 Å². The molecule has 11 heavy (non-hydrogen) atoms. The summed E-state index contributed by atoms with van der Waals surface area (Å²) >= 11 is 0. The first-order chi connectivity index (χ1) is 5.29. The van der Waals surface area contributed by atoms with Crippen molar-refractivity contribution in [3.8, 4) is 0 Å². The number of rotatable bonds is 0. The molecule has 1 rings (SSSR count). The SMILES string of the molecule is CC.O=C1CCCCC(=O)N1. The zero-order chi connectivity index (χ0) is 8.69. The number of hydrogen-bond acceptors (Lipinski definition) is 2. The second kappa shape index (κ2) is 5.89. The Morgan fingerprint density at radius 3 is 1.73 bits per heavy atom. The minimum absolute atomic E-state index is 0.127. The molecule has 0 aromatic rings. The number of amides is 2. The van der Waals surface area contributed by atoms with Crippen molar-refractivity contribution in [2.75, 3.05) is 0 Å². The highest BCUT2D eigenvalue weighted by Crippen LogP contribution is 2.03. The summed E-state index contributed by atoms with van der Waals surface area (Å²) in [6.07, 6.45) is 2.70. The van der Waals surface area contributed by atoms with Gasteiger partial charge in [-0.3, -0.25) is 14.9 Å². The summed E-state index contributed by atoms with van der Waals surface area (Å²) in [4.78, 5) is 21.1. The molecule has 1 fully saturated rings. The van der Waals surface area contributed by atoms with Gasteiger partial charge in [0.1, 0.15) is 0 Å². The molecule has 1 saturated heterocycles. The van der Waals surface area contributed by atoms with Gasteiger partial charge in [0.25, 0.3) is 0 Å². The lowest BCUT2D eigenvalue weighted by Gasteiger charge is -1.93. The molecule has 0 atom stereocenters. The number of hydrogen-bond donors (Lipinski definition) is 1. The Hall–Kier alpha value is -0.860. The first kappa shape index (κ1) is 10.1. The van der Waals surface area contributed by atoms with E-state index in [2.05, 4.69) is 5.32 Å². The monoisotopic (exact) mass is 157 g/mol. The van der Waals surface area contributed by atoms with Crippen LogP contribution in [0.1, 0.15) is 39.5 Å². The molecular formula is C8H15NO2. The van der Waals surface area contributed by atoms with E-state index in [0.29, 0.717) is 12.8 Å². The van der Waals surface area contributed by atoms with E-state index in [1.54, 1.807) is 0 Å². The van der Waals surface area contributed by atoms with Gasteiger partial charge in [0.15, 0.2) is 0 Å². The highest BCUT2D eigenvalue weighted by atomic mass is 16.2. The van der Waals surface area contributed by atoms with Gasteiger partial charge in [0.05, 0.1) is 0 Å². The summed E-state index contributed by atoms with van der Waals surface area (Å²) in [5.74, 6) is -0.255. The molecule has 0 spiro atoms. The lowest BCUT2D eigenvalue weighted by molar-refractivity contribution is -0.129. The molecule has 0 unspecified atom stereocenters. The second-order valence-corrected chi connectivity index (χ2v) is 2.18. The summed E-state index contributed by atoms with van der Waals surface area (Å²) in [6.45, 7) is 4.00. The van der Waals surface area contributed by atoms with Gasteiger partial charge in [0.2, 0.25) is 11.8 Å². The second-order valence-electron chi connectivity index (χ2n) is 2.18. The van der Waals surface area contributed by atoms with Crippen LogP contribution < -0.4 is 5.32 Å². The zero-order valence-electron chi connectivity index (χ0n) is 7.14. The summed E-state index contributed by atoms with van der Waals surface area (Å²) in [7, 11) is 0. The smallest absolute Gasteiger partial charge is 0.226 e. The van der Waals surface area contributed by atoms with E-state index in [0.717, 1.165) is 12.8 Å². The molecule has 0 radical (unpaired) electrons. The molecule has 0 aromatic carbocycles. The molecule has 1 aliphatic rings. The molecule has 2 amide bonds. The minimum atomic E-state index is -0.127. The van der Waals surface area contributed by atoms with E-state index in [9.17, 15) is 9.59 Å². The average Bonchev–Trinajstić information content (AvgIpc) is 2.18. The van der Waals surface area contributed by atoms with Crippen molar-refractivity contribution in [1.29, 1.82) is 0 Å². The number of imide groups is 1. The van der Waals surface area contributed by atoms with Crippen molar-refractivity contribution in [3.05, 3.63) is 0 Å². The van der Waals surface area contributed by atoms with Gasteiger partial charge in [0, 0.05) is 12.8 Å². The highest BCUT2D eigenvalue weighted by Gasteiger charge is 2.11. The molecule has 0 saturated carbocycles. The minimum Gasteiger partial charge on any atom is -0.296 e. The molecule has 1 N–H and O–H groups in total. The van der Waals surface area contributed by atoms with Gasteiger partial charge in [-0.05, 0) is 12.8 Å². The van der Waals surface area contributed by atoms with Gasteiger partial charge < -0.3 is 0 Å². The maximum Gasteiger partial charge on any atom is 0.226 e. The summed E-state index contributed by atoms with van der Waals surface area (Å²) in [5, 5.41) is 2.26. The normalized spacial score (nSPS) is 17.6. The maximum absolute atomic E-state index is 10.6. The molecule has 3 nitrogen and oxygen atoms in total. The molecule has 64 valence electrons. The van der Waals surface area contributed by atoms with Gasteiger partial charge in [-0.25, -0.2) is 0 Å². The lowest BCUT2D eigenvalue weighted by Crippen LogP contribution is -2.27. The first-order valence-electron chi connectivity index (χ1n) is 4.12. The Morgan fingerprint density at radius 1 is 1.00 bits per heavy atom. The quantitative estimate of drug-likeness (QED) is 0.537. The van der Waals surface area contributed by atoms with E-state index in [1.807, 2.05) is 13.8 Å². The van der Waals surface area contributed by atoms with E-state index in [1.165, 1.54) is 0 Å². The van der Waals surface area contributed by atoms with Gasteiger partial charge >= 0.3 is 0 Å². The van der Waals surface area contributed by atoms with Crippen molar-refractivity contribution in [2.24, 2.45) is 0 Å².